The number of aromatic nitrogens is 2. The highest BCUT2D eigenvalue weighted by Gasteiger charge is 2.30. The van der Waals surface area contributed by atoms with E-state index in [1.807, 2.05) is 6.92 Å². The number of aromatic amines is 1. The van der Waals surface area contributed by atoms with Crippen molar-refractivity contribution < 1.29 is 9.53 Å². The average Bonchev–Trinajstić information content (AvgIpc) is 2.64. The Balaban J connectivity index is 2.44. The van der Waals surface area contributed by atoms with Crippen LogP contribution in [0.2, 0.25) is 0 Å². The number of unbranched alkanes of at least 4 members (excludes halogenated alkanes) is 1. The van der Waals surface area contributed by atoms with Gasteiger partial charge in [-0.3, -0.25) is 19.1 Å². The van der Waals surface area contributed by atoms with Crippen LogP contribution in [0.25, 0.3) is 0 Å². The second kappa shape index (κ2) is 9.56. The number of nitrogens with two attached hydrogens (primary N) is 1. The highest BCUT2D eigenvalue weighted by molar-refractivity contribution is 5.97. The Labute approximate surface area is 153 Å². The van der Waals surface area contributed by atoms with E-state index in [4.69, 9.17) is 10.5 Å². The van der Waals surface area contributed by atoms with E-state index in [-0.39, 0.29) is 36.5 Å². The van der Waals surface area contributed by atoms with Crippen molar-refractivity contribution in [2.45, 2.75) is 58.4 Å². The molecule has 1 aliphatic carbocycles. The Morgan fingerprint density at radius 2 is 2.00 bits per heavy atom. The molecule has 0 bridgehead atoms. The number of carbonyl (C=O) groups is 1. The fraction of sp³-hybridized carbons (Fsp3) is 0.722. The van der Waals surface area contributed by atoms with Gasteiger partial charge in [0.2, 0.25) is 5.91 Å². The van der Waals surface area contributed by atoms with Gasteiger partial charge in [0, 0.05) is 26.1 Å². The molecule has 1 saturated carbocycles. The minimum absolute atomic E-state index is 0.0486. The summed E-state index contributed by atoms with van der Waals surface area (Å²) in [6.07, 6.45) is 6.42. The van der Waals surface area contributed by atoms with Crippen molar-refractivity contribution in [3.8, 4) is 0 Å². The van der Waals surface area contributed by atoms with Crippen LogP contribution in [0.3, 0.4) is 0 Å². The van der Waals surface area contributed by atoms with Gasteiger partial charge in [0.1, 0.15) is 5.82 Å². The Bertz CT molecular complexity index is 719. The number of methoxy groups -OCH3 is 1. The molecule has 8 nitrogen and oxygen atoms in total. The predicted octanol–water partition coefficient (Wildman–Crippen LogP) is 1.48. The molecule has 1 fully saturated rings. The zero-order valence-corrected chi connectivity index (χ0v) is 15.8. The quantitative estimate of drug-likeness (QED) is 0.724. The monoisotopic (exact) mass is 366 g/mol. The van der Waals surface area contributed by atoms with E-state index < -0.39 is 11.2 Å². The van der Waals surface area contributed by atoms with E-state index in [0.29, 0.717) is 6.54 Å². The van der Waals surface area contributed by atoms with Crippen molar-refractivity contribution >= 4 is 17.4 Å². The molecule has 2 rings (SSSR count). The SMILES string of the molecule is CCCCn1c(N)c(N(CCOC)C(=O)C2CCCCC2)c(=O)[nH]c1=O. The van der Waals surface area contributed by atoms with Crippen LogP contribution in [-0.4, -0.2) is 35.7 Å². The molecular formula is C18H30N4O4. The summed E-state index contributed by atoms with van der Waals surface area (Å²) < 4.78 is 6.46. The van der Waals surface area contributed by atoms with Gasteiger partial charge in [-0.25, -0.2) is 4.79 Å². The molecule has 1 aromatic heterocycles. The summed E-state index contributed by atoms with van der Waals surface area (Å²) in [5.74, 6) is -0.178. The van der Waals surface area contributed by atoms with E-state index >= 15 is 0 Å². The second-order valence-electron chi connectivity index (χ2n) is 6.82. The lowest BCUT2D eigenvalue weighted by atomic mass is 9.88. The first-order chi connectivity index (χ1) is 12.5. The van der Waals surface area contributed by atoms with Gasteiger partial charge < -0.3 is 15.4 Å². The van der Waals surface area contributed by atoms with Gasteiger partial charge in [-0.2, -0.15) is 0 Å². The highest BCUT2D eigenvalue weighted by Crippen LogP contribution is 2.28. The van der Waals surface area contributed by atoms with Gasteiger partial charge in [0.15, 0.2) is 5.69 Å². The number of ether oxygens (including phenoxy) is 1. The first kappa shape index (κ1) is 20.2. The first-order valence-electron chi connectivity index (χ1n) is 9.44. The summed E-state index contributed by atoms with van der Waals surface area (Å²) in [4.78, 5) is 41.4. The Kier molecular flexibility index (Phi) is 7.44. The maximum atomic E-state index is 13.1. The Morgan fingerprint density at radius 3 is 2.62 bits per heavy atom. The molecule has 1 amide bonds. The topological polar surface area (TPSA) is 110 Å². The van der Waals surface area contributed by atoms with Gasteiger partial charge >= 0.3 is 5.69 Å². The number of nitrogens with zero attached hydrogens (tertiary/aromatic N) is 2. The van der Waals surface area contributed by atoms with Crippen molar-refractivity contribution in [3.63, 3.8) is 0 Å². The lowest BCUT2D eigenvalue weighted by molar-refractivity contribution is -0.123. The van der Waals surface area contributed by atoms with Crippen LogP contribution in [0.5, 0.6) is 0 Å². The van der Waals surface area contributed by atoms with Crippen LogP contribution in [0.15, 0.2) is 9.59 Å². The number of hydrogen-bond acceptors (Lipinski definition) is 5. The lowest BCUT2D eigenvalue weighted by Crippen LogP contribution is -2.45. The van der Waals surface area contributed by atoms with Gasteiger partial charge in [0.25, 0.3) is 5.56 Å². The molecule has 1 heterocycles. The van der Waals surface area contributed by atoms with Gasteiger partial charge in [0.05, 0.1) is 6.61 Å². The van der Waals surface area contributed by atoms with Crippen molar-refractivity contribution in [1.82, 2.24) is 9.55 Å². The normalized spacial score (nSPS) is 15.2. The number of amides is 1. The van der Waals surface area contributed by atoms with E-state index in [0.717, 1.165) is 44.9 Å². The zero-order valence-electron chi connectivity index (χ0n) is 15.8. The predicted molar refractivity (Wildman–Crippen MR) is 101 cm³/mol. The summed E-state index contributed by atoms with van der Waals surface area (Å²) in [7, 11) is 1.54. The molecule has 146 valence electrons. The maximum Gasteiger partial charge on any atom is 0.330 e. The average molecular weight is 366 g/mol. The first-order valence-corrected chi connectivity index (χ1v) is 9.44. The second-order valence-corrected chi connectivity index (χ2v) is 6.82. The molecule has 8 heteroatoms. The van der Waals surface area contributed by atoms with Crippen LogP contribution in [0.4, 0.5) is 11.5 Å². The maximum absolute atomic E-state index is 13.1. The summed E-state index contributed by atoms with van der Waals surface area (Å²) >= 11 is 0. The molecule has 3 N–H and O–H groups in total. The van der Waals surface area contributed by atoms with E-state index in [1.54, 1.807) is 7.11 Å². The minimum atomic E-state index is -0.625. The molecule has 1 aromatic rings. The number of carbonyl (C=O) groups excluding carboxylic acids is 1. The Morgan fingerprint density at radius 1 is 1.31 bits per heavy atom. The third-order valence-corrected chi connectivity index (χ3v) is 4.96. The summed E-state index contributed by atoms with van der Waals surface area (Å²) in [6, 6.07) is 0. The van der Waals surface area contributed by atoms with Crippen LogP contribution >= 0.6 is 0 Å². The number of hydrogen-bond donors (Lipinski definition) is 2. The van der Waals surface area contributed by atoms with Crippen molar-refractivity contribution in [2.24, 2.45) is 5.92 Å². The number of H-pyrrole nitrogens is 1. The number of nitrogens with one attached hydrogen (secondary N) is 1. The zero-order chi connectivity index (χ0) is 19.1. The number of rotatable bonds is 8. The molecule has 0 aliphatic heterocycles. The van der Waals surface area contributed by atoms with Crippen molar-refractivity contribution in [1.29, 1.82) is 0 Å². The van der Waals surface area contributed by atoms with Gasteiger partial charge in [-0.15, -0.1) is 0 Å². The number of anilines is 2. The molecule has 1 aliphatic rings. The summed E-state index contributed by atoms with van der Waals surface area (Å²) in [6.45, 7) is 2.92. The third kappa shape index (κ3) is 4.55. The third-order valence-electron chi connectivity index (χ3n) is 4.96. The Hall–Kier alpha value is -2.09. The lowest BCUT2D eigenvalue weighted by Gasteiger charge is -2.29. The molecule has 0 radical (unpaired) electrons. The summed E-state index contributed by atoms with van der Waals surface area (Å²) in [5, 5.41) is 0. The largest absolute Gasteiger partial charge is 0.383 e. The van der Waals surface area contributed by atoms with Crippen LogP contribution in [0, 0.1) is 5.92 Å². The minimum Gasteiger partial charge on any atom is -0.383 e. The fourth-order valence-electron chi connectivity index (χ4n) is 3.46. The van der Waals surface area contributed by atoms with Crippen molar-refractivity contribution in [3.05, 3.63) is 20.8 Å². The molecule has 0 atom stereocenters. The standard InChI is InChI=1S/C18H30N4O4/c1-3-4-10-22-15(19)14(16(23)20-18(22)25)21(11-12-26-2)17(24)13-8-6-5-7-9-13/h13H,3-12,19H2,1-2H3,(H,20,23,25). The molecule has 0 saturated heterocycles. The molecular weight excluding hydrogens is 336 g/mol. The summed E-state index contributed by atoms with van der Waals surface area (Å²) in [5.41, 5.74) is 5.07. The molecule has 0 aromatic carbocycles. The van der Waals surface area contributed by atoms with Crippen LogP contribution in [-0.2, 0) is 16.1 Å². The van der Waals surface area contributed by atoms with Crippen LogP contribution in [0.1, 0.15) is 51.9 Å². The fourth-order valence-corrected chi connectivity index (χ4v) is 3.46. The van der Waals surface area contributed by atoms with Gasteiger partial charge in [-0.05, 0) is 19.3 Å². The smallest absolute Gasteiger partial charge is 0.330 e. The van der Waals surface area contributed by atoms with Crippen molar-refractivity contribution in [2.75, 3.05) is 30.9 Å². The molecule has 26 heavy (non-hydrogen) atoms. The van der Waals surface area contributed by atoms with Gasteiger partial charge in [-0.1, -0.05) is 32.6 Å². The molecule has 0 unspecified atom stereocenters. The van der Waals surface area contributed by atoms with Crippen LogP contribution < -0.4 is 21.9 Å². The van der Waals surface area contributed by atoms with E-state index in [1.165, 1.54) is 9.47 Å². The molecule has 0 spiro atoms. The number of nitrogen functional groups attached to an aromatic ring is 1. The van der Waals surface area contributed by atoms with E-state index in [9.17, 15) is 14.4 Å². The highest BCUT2D eigenvalue weighted by atomic mass is 16.5. The van der Waals surface area contributed by atoms with E-state index in [2.05, 4.69) is 4.98 Å².